The van der Waals surface area contributed by atoms with E-state index in [0.29, 0.717) is 28.3 Å². The monoisotopic (exact) mass is 330 g/mol. The second-order valence-corrected chi connectivity index (χ2v) is 6.04. The number of anilines is 1. The third-order valence-electron chi connectivity index (χ3n) is 4.79. The third-order valence-corrected chi connectivity index (χ3v) is 4.79. The van der Waals surface area contributed by atoms with Gasteiger partial charge in [-0.25, -0.2) is 4.79 Å². The highest BCUT2D eigenvalue weighted by molar-refractivity contribution is 5.97. The standard InChI is InChI=1S/C20H14N2O3/c21-22-15-9-5-11-17-18(15)20(14-8-3-4-10-16(14)24-17)13-7-2-1-6-12(13)19(23)25-20/h1-11,22H,21H2. The summed E-state index contributed by atoms with van der Waals surface area (Å²) >= 11 is 0. The summed E-state index contributed by atoms with van der Waals surface area (Å²) in [5.41, 5.74) is 5.11. The van der Waals surface area contributed by atoms with Gasteiger partial charge in [0.15, 0.2) is 5.60 Å². The van der Waals surface area contributed by atoms with Crippen molar-refractivity contribution in [2.45, 2.75) is 5.60 Å². The van der Waals surface area contributed by atoms with Gasteiger partial charge in [-0.3, -0.25) is 5.84 Å². The fraction of sp³-hybridized carbons (Fsp3) is 0.0500. The Bertz CT molecular complexity index is 1030. The lowest BCUT2D eigenvalue weighted by molar-refractivity contribution is 0.0226. The number of nitrogens with two attached hydrogens (primary N) is 1. The van der Waals surface area contributed by atoms with Crippen molar-refractivity contribution in [3.05, 3.63) is 89.0 Å². The first-order chi connectivity index (χ1) is 12.3. The van der Waals surface area contributed by atoms with E-state index in [-0.39, 0.29) is 5.97 Å². The molecule has 0 aromatic heterocycles. The normalized spacial score (nSPS) is 19.5. The minimum Gasteiger partial charge on any atom is -0.456 e. The lowest BCUT2D eigenvalue weighted by Crippen LogP contribution is -2.34. The van der Waals surface area contributed by atoms with Crippen LogP contribution in [0.5, 0.6) is 11.5 Å². The van der Waals surface area contributed by atoms with Gasteiger partial charge in [0.05, 0.1) is 16.8 Å². The summed E-state index contributed by atoms with van der Waals surface area (Å²) in [6.07, 6.45) is 0. The van der Waals surface area contributed by atoms with Crippen molar-refractivity contribution in [3.8, 4) is 11.5 Å². The zero-order chi connectivity index (χ0) is 17.0. The number of ether oxygens (including phenoxy) is 2. The van der Waals surface area contributed by atoms with Gasteiger partial charge in [0.1, 0.15) is 11.5 Å². The molecular formula is C20H14N2O3. The van der Waals surface area contributed by atoms with Crippen molar-refractivity contribution >= 4 is 11.7 Å². The van der Waals surface area contributed by atoms with Crippen LogP contribution in [0, 0.1) is 0 Å². The summed E-state index contributed by atoms with van der Waals surface area (Å²) in [6, 6.07) is 20.6. The van der Waals surface area contributed by atoms with Crippen molar-refractivity contribution in [1.29, 1.82) is 0 Å². The van der Waals surface area contributed by atoms with E-state index in [2.05, 4.69) is 5.43 Å². The summed E-state index contributed by atoms with van der Waals surface area (Å²) in [5, 5.41) is 0. The van der Waals surface area contributed by atoms with Gasteiger partial charge in [-0.1, -0.05) is 42.5 Å². The number of hydrogen-bond acceptors (Lipinski definition) is 5. The van der Waals surface area contributed by atoms with Crippen LogP contribution in [0.25, 0.3) is 0 Å². The van der Waals surface area contributed by atoms with E-state index in [9.17, 15) is 4.79 Å². The fourth-order valence-electron chi connectivity index (χ4n) is 3.80. The van der Waals surface area contributed by atoms with Gasteiger partial charge in [0, 0.05) is 11.1 Å². The zero-order valence-electron chi connectivity index (χ0n) is 13.2. The number of fused-ring (bicyclic) bond motifs is 6. The number of benzene rings is 3. The second-order valence-electron chi connectivity index (χ2n) is 6.04. The number of carbonyl (C=O) groups is 1. The molecule has 0 saturated carbocycles. The number of para-hydroxylation sites is 1. The molecule has 3 N–H and O–H groups in total. The molecule has 5 nitrogen and oxygen atoms in total. The molecule has 5 rings (SSSR count). The Kier molecular flexibility index (Phi) is 2.73. The van der Waals surface area contributed by atoms with E-state index in [1.165, 1.54) is 0 Å². The molecule has 25 heavy (non-hydrogen) atoms. The van der Waals surface area contributed by atoms with Crippen LogP contribution >= 0.6 is 0 Å². The molecule has 3 aromatic carbocycles. The highest BCUT2D eigenvalue weighted by atomic mass is 16.6. The topological polar surface area (TPSA) is 73.6 Å². The molecule has 1 unspecified atom stereocenters. The number of carbonyl (C=O) groups excluding carboxylic acids is 1. The van der Waals surface area contributed by atoms with Crippen LogP contribution in [-0.4, -0.2) is 5.97 Å². The van der Waals surface area contributed by atoms with Crippen molar-refractivity contribution in [1.82, 2.24) is 0 Å². The SMILES string of the molecule is NNc1cccc2c1C1(OC(=O)c3ccccc31)c1ccccc1O2. The molecule has 0 fully saturated rings. The van der Waals surface area contributed by atoms with E-state index in [1.54, 1.807) is 6.07 Å². The Morgan fingerprint density at radius 3 is 2.40 bits per heavy atom. The Morgan fingerprint density at radius 2 is 1.56 bits per heavy atom. The molecule has 1 atom stereocenters. The molecule has 122 valence electrons. The van der Waals surface area contributed by atoms with Gasteiger partial charge in [0.2, 0.25) is 0 Å². The summed E-state index contributed by atoms with van der Waals surface area (Å²) in [5.74, 6) is 6.67. The molecule has 2 aliphatic rings. The minimum absolute atomic E-state index is 0.356. The van der Waals surface area contributed by atoms with E-state index in [4.69, 9.17) is 15.3 Å². The maximum Gasteiger partial charge on any atom is 0.340 e. The quantitative estimate of drug-likeness (QED) is 0.405. The van der Waals surface area contributed by atoms with Crippen molar-refractivity contribution in [2.24, 2.45) is 5.84 Å². The summed E-state index contributed by atoms with van der Waals surface area (Å²) in [6.45, 7) is 0. The average molecular weight is 330 g/mol. The second kappa shape index (κ2) is 4.84. The smallest absolute Gasteiger partial charge is 0.340 e. The molecule has 0 aliphatic carbocycles. The van der Waals surface area contributed by atoms with Crippen molar-refractivity contribution in [2.75, 3.05) is 5.43 Å². The number of rotatable bonds is 1. The first-order valence-corrected chi connectivity index (χ1v) is 7.96. The van der Waals surface area contributed by atoms with Gasteiger partial charge in [-0.2, -0.15) is 0 Å². The van der Waals surface area contributed by atoms with Crippen molar-refractivity contribution < 1.29 is 14.3 Å². The van der Waals surface area contributed by atoms with Gasteiger partial charge in [-0.15, -0.1) is 0 Å². The summed E-state index contributed by atoms with van der Waals surface area (Å²) in [7, 11) is 0. The number of nitrogen functional groups attached to an aromatic ring is 1. The molecule has 2 aliphatic heterocycles. The predicted molar refractivity (Wildman–Crippen MR) is 92.5 cm³/mol. The number of hydrazine groups is 1. The number of nitrogens with one attached hydrogen (secondary N) is 1. The van der Waals surface area contributed by atoms with Crippen LogP contribution in [0.2, 0.25) is 0 Å². The third kappa shape index (κ3) is 1.67. The highest BCUT2D eigenvalue weighted by Gasteiger charge is 2.54. The summed E-state index contributed by atoms with van der Waals surface area (Å²) < 4.78 is 12.1. The Morgan fingerprint density at radius 1 is 0.840 bits per heavy atom. The van der Waals surface area contributed by atoms with Crippen LogP contribution in [0.15, 0.2) is 66.7 Å². The molecule has 0 saturated heterocycles. The van der Waals surface area contributed by atoms with E-state index < -0.39 is 5.60 Å². The van der Waals surface area contributed by atoms with Gasteiger partial charge < -0.3 is 14.9 Å². The fourth-order valence-corrected chi connectivity index (χ4v) is 3.80. The van der Waals surface area contributed by atoms with Crippen molar-refractivity contribution in [3.63, 3.8) is 0 Å². The maximum atomic E-state index is 12.6. The molecule has 3 aromatic rings. The van der Waals surface area contributed by atoms with Crippen LogP contribution < -0.4 is 16.0 Å². The molecular weight excluding hydrogens is 316 g/mol. The van der Waals surface area contributed by atoms with Gasteiger partial charge in [-0.05, 0) is 24.3 Å². The molecule has 5 heteroatoms. The molecule has 0 amide bonds. The lowest BCUT2D eigenvalue weighted by Gasteiger charge is -2.37. The first kappa shape index (κ1) is 14.1. The predicted octanol–water partition coefficient (Wildman–Crippen LogP) is 3.54. The van der Waals surface area contributed by atoms with Crippen LogP contribution in [0.4, 0.5) is 5.69 Å². The number of hydrogen-bond donors (Lipinski definition) is 2. The summed E-state index contributed by atoms with van der Waals surface area (Å²) in [4.78, 5) is 12.6. The van der Waals surface area contributed by atoms with E-state index >= 15 is 0 Å². The maximum absolute atomic E-state index is 12.6. The first-order valence-electron chi connectivity index (χ1n) is 7.96. The Hall–Kier alpha value is -3.31. The largest absolute Gasteiger partial charge is 0.456 e. The van der Waals surface area contributed by atoms with Gasteiger partial charge in [0.25, 0.3) is 0 Å². The zero-order valence-corrected chi connectivity index (χ0v) is 13.2. The Balaban J connectivity index is 1.95. The van der Waals surface area contributed by atoms with Gasteiger partial charge >= 0.3 is 5.97 Å². The lowest BCUT2D eigenvalue weighted by atomic mass is 9.77. The molecule has 0 bridgehead atoms. The van der Waals surface area contributed by atoms with E-state index in [1.807, 2.05) is 60.7 Å². The van der Waals surface area contributed by atoms with Crippen LogP contribution in [0.3, 0.4) is 0 Å². The van der Waals surface area contributed by atoms with E-state index in [0.717, 1.165) is 11.1 Å². The average Bonchev–Trinajstić information content (AvgIpc) is 2.95. The Labute approximate surface area is 144 Å². The molecule has 0 radical (unpaired) electrons. The highest BCUT2D eigenvalue weighted by Crippen LogP contribution is 2.57. The molecule has 1 spiro atoms. The number of esters is 1. The molecule has 2 heterocycles. The van der Waals surface area contributed by atoms with Crippen LogP contribution in [0.1, 0.15) is 27.0 Å². The van der Waals surface area contributed by atoms with Crippen LogP contribution in [-0.2, 0) is 10.3 Å². The minimum atomic E-state index is -1.08.